The Morgan fingerprint density at radius 2 is 2.11 bits per heavy atom. The highest BCUT2D eigenvalue weighted by Gasteiger charge is 2.46. The summed E-state index contributed by atoms with van der Waals surface area (Å²) in [4.78, 5) is 20.2. The average Bonchev–Trinajstić information content (AvgIpc) is 2.59. The number of ether oxygens (including phenoxy) is 1. The van der Waals surface area contributed by atoms with E-state index in [9.17, 15) is 18.0 Å². The monoisotopic (exact) mass is 386 g/mol. The molecule has 150 valence electrons. The van der Waals surface area contributed by atoms with Crippen molar-refractivity contribution in [2.45, 2.75) is 52.0 Å². The lowest BCUT2D eigenvalue weighted by Crippen LogP contribution is -2.53. The van der Waals surface area contributed by atoms with E-state index in [0.717, 1.165) is 5.57 Å². The first-order chi connectivity index (χ1) is 12.7. The minimum Gasteiger partial charge on any atom is -0.377 e. The molecule has 2 aliphatic heterocycles. The van der Waals surface area contributed by atoms with E-state index in [1.165, 1.54) is 15.5 Å². The van der Waals surface area contributed by atoms with Crippen molar-refractivity contribution in [1.29, 1.82) is 0 Å². The lowest BCUT2D eigenvalue weighted by molar-refractivity contribution is -0.152. The molecular weight excluding hydrogens is 361 g/mol. The van der Waals surface area contributed by atoms with Gasteiger partial charge < -0.3 is 14.5 Å². The molecule has 3 heterocycles. The van der Waals surface area contributed by atoms with Crippen LogP contribution in [-0.2, 0) is 11.3 Å². The third kappa shape index (κ3) is 4.12. The van der Waals surface area contributed by atoms with Crippen molar-refractivity contribution in [2.24, 2.45) is 0 Å². The second-order valence-corrected chi connectivity index (χ2v) is 7.30. The summed E-state index contributed by atoms with van der Waals surface area (Å²) in [5.41, 5.74) is 0.588. The van der Waals surface area contributed by atoms with Gasteiger partial charge in [0.05, 0.1) is 19.3 Å². The van der Waals surface area contributed by atoms with Crippen LogP contribution in [0.25, 0.3) is 0 Å². The molecule has 0 aromatic carbocycles. The van der Waals surface area contributed by atoms with E-state index >= 15 is 0 Å². The zero-order valence-corrected chi connectivity index (χ0v) is 15.8. The first kappa shape index (κ1) is 19.7. The minimum atomic E-state index is -4.39. The number of hydrogen-bond donors (Lipinski definition) is 0. The van der Waals surface area contributed by atoms with E-state index in [1.807, 2.05) is 25.7 Å². The Bertz CT molecular complexity index is 771. The summed E-state index contributed by atoms with van der Waals surface area (Å²) < 4.78 is 47.6. The minimum absolute atomic E-state index is 0.00179. The Hall–Kier alpha value is -2.03. The molecule has 3 rings (SSSR count). The number of fused-ring (bicyclic) bond motifs is 1. The van der Waals surface area contributed by atoms with Gasteiger partial charge in [-0.2, -0.15) is 18.2 Å². The van der Waals surface area contributed by atoms with Crippen molar-refractivity contribution >= 4 is 11.8 Å². The van der Waals surface area contributed by atoms with Gasteiger partial charge in [0.1, 0.15) is 11.9 Å². The lowest BCUT2D eigenvalue weighted by Gasteiger charge is -2.40. The van der Waals surface area contributed by atoms with Gasteiger partial charge >= 0.3 is 6.18 Å². The van der Waals surface area contributed by atoms with Gasteiger partial charge in [-0.05, 0) is 27.2 Å². The number of halogens is 3. The van der Waals surface area contributed by atoms with E-state index in [2.05, 4.69) is 4.98 Å². The third-order valence-electron chi connectivity index (χ3n) is 4.97. The predicted octanol–water partition coefficient (Wildman–Crippen LogP) is 2.58. The lowest BCUT2D eigenvalue weighted by atomic mass is 10.1. The molecule has 2 atom stereocenters. The second kappa shape index (κ2) is 7.53. The molecular formula is C18H25F3N4O2. The number of alkyl halides is 3. The number of rotatable bonds is 3. The fraction of sp³-hybridized carbons (Fsp3) is 0.667. The first-order valence-electron chi connectivity index (χ1n) is 9.11. The van der Waals surface area contributed by atoms with Crippen LogP contribution in [0.1, 0.15) is 27.2 Å². The maximum Gasteiger partial charge on any atom is 0.408 e. The van der Waals surface area contributed by atoms with Crippen molar-refractivity contribution < 1.29 is 17.9 Å². The zero-order valence-electron chi connectivity index (χ0n) is 15.8. The summed E-state index contributed by atoms with van der Waals surface area (Å²) in [5.74, 6) is 0.495. The molecule has 1 aromatic heterocycles. The number of nitrogens with zero attached hydrogens (tertiary/aromatic N) is 4. The standard InChI is InChI=1S/C18H25F3N4O2/c1-12(2)4-6-24-14(18(19,20)21)5-7-25-16(26)10-15(22-17(24)25)23-8-9-27-11-13(23)3/h4,10,13-14H,5-9,11H2,1-3H3. The quantitative estimate of drug-likeness (QED) is 0.748. The van der Waals surface area contributed by atoms with Crippen LogP contribution in [0.15, 0.2) is 22.5 Å². The van der Waals surface area contributed by atoms with Gasteiger partial charge in [-0.25, -0.2) is 0 Å². The van der Waals surface area contributed by atoms with Gasteiger partial charge in [-0.3, -0.25) is 9.36 Å². The van der Waals surface area contributed by atoms with Crippen LogP contribution in [0.2, 0.25) is 0 Å². The second-order valence-electron chi connectivity index (χ2n) is 7.30. The summed E-state index contributed by atoms with van der Waals surface area (Å²) >= 11 is 0. The molecule has 6 nitrogen and oxygen atoms in total. The average molecular weight is 386 g/mol. The molecule has 27 heavy (non-hydrogen) atoms. The van der Waals surface area contributed by atoms with Crippen LogP contribution in [0.4, 0.5) is 24.9 Å². The van der Waals surface area contributed by atoms with Crippen LogP contribution >= 0.6 is 0 Å². The molecule has 0 saturated carbocycles. The Kier molecular flexibility index (Phi) is 5.50. The highest BCUT2D eigenvalue weighted by atomic mass is 19.4. The van der Waals surface area contributed by atoms with E-state index < -0.39 is 12.2 Å². The smallest absolute Gasteiger partial charge is 0.377 e. The summed E-state index contributed by atoms with van der Waals surface area (Å²) in [6.45, 7) is 7.21. The fourth-order valence-electron chi connectivity index (χ4n) is 3.50. The van der Waals surface area contributed by atoms with Crippen molar-refractivity contribution in [2.75, 3.05) is 36.1 Å². The Balaban J connectivity index is 2.06. The van der Waals surface area contributed by atoms with Crippen LogP contribution in [0.5, 0.6) is 0 Å². The molecule has 0 bridgehead atoms. The van der Waals surface area contributed by atoms with Crippen LogP contribution in [0.3, 0.4) is 0 Å². The number of morpholine rings is 1. The van der Waals surface area contributed by atoms with Crippen molar-refractivity contribution in [3.63, 3.8) is 0 Å². The molecule has 1 fully saturated rings. The van der Waals surface area contributed by atoms with Gasteiger partial charge in [0.2, 0.25) is 5.95 Å². The highest BCUT2D eigenvalue weighted by Crippen LogP contribution is 2.34. The van der Waals surface area contributed by atoms with Crippen molar-refractivity contribution in [1.82, 2.24) is 9.55 Å². The largest absolute Gasteiger partial charge is 0.408 e. The first-order valence-corrected chi connectivity index (χ1v) is 9.11. The molecule has 9 heteroatoms. The maximum atomic E-state index is 13.6. The summed E-state index contributed by atoms with van der Waals surface area (Å²) in [5, 5.41) is 0. The van der Waals surface area contributed by atoms with Gasteiger partial charge in [-0.15, -0.1) is 0 Å². The van der Waals surface area contributed by atoms with E-state index in [0.29, 0.717) is 25.6 Å². The van der Waals surface area contributed by atoms with E-state index in [1.54, 1.807) is 6.08 Å². The number of hydrogen-bond acceptors (Lipinski definition) is 5. The number of allylic oxidation sites excluding steroid dienone is 1. The van der Waals surface area contributed by atoms with Crippen LogP contribution in [0, 0.1) is 0 Å². The Labute approximate surface area is 156 Å². The van der Waals surface area contributed by atoms with Gasteiger partial charge in [0, 0.05) is 25.7 Å². The zero-order chi connectivity index (χ0) is 19.8. The van der Waals surface area contributed by atoms with E-state index in [4.69, 9.17) is 4.74 Å². The molecule has 0 aliphatic carbocycles. The van der Waals surface area contributed by atoms with Gasteiger partial charge in [-0.1, -0.05) is 11.6 Å². The van der Waals surface area contributed by atoms with Crippen molar-refractivity contribution in [3.8, 4) is 0 Å². The normalized spacial score (nSPS) is 23.2. The molecule has 1 saturated heterocycles. The molecule has 0 N–H and O–H groups in total. The highest BCUT2D eigenvalue weighted by molar-refractivity contribution is 5.48. The topological polar surface area (TPSA) is 50.6 Å². The van der Waals surface area contributed by atoms with Crippen molar-refractivity contribution in [3.05, 3.63) is 28.1 Å². The molecule has 0 spiro atoms. The third-order valence-corrected chi connectivity index (χ3v) is 4.97. The Morgan fingerprint density at radius 1 is 1.37 bits per heavy atom. The Morgan fingerprint density at radius 3 is 2.74 bits per heavy atom. The fourth-order valence-corrected chi connectivity index (χ4v) is 3.50. The predicted molar refractivity (Wildman–Crippen MR) is 97.4 cm³/mol. The molecule has 1 aromatic rings. The van der Waals surface area contributed by atoms with Crippen LogP contribution < -0.4 is 15.4 Å². The SMILES string of the molecule is CC(C)=CCN1c2nc(N3CCOCC3C)cc(=O)n2CCC1C(F)(F)F. The maximum absolute atomic E-state index is 13.6. The molecule has 2 unspecified atom stereocenters. The molecule has 0 amide bonds. The molecule has 0 radical (unpaired) electrons. The number of aromatic nitrogens is 2. The summed E-state index contributed by atoms with van der Waals surface area (Å²) in [7, 11) is 0. The molecule has 2 aliphatic rings. The van der Waals surface area contributed by atoms with Crippen LogP contribution in [-0.4, -0.2) is 54.1 Å². The van der Waals surface area contributed by atoms with Gasteiger partial charge in [0.25, 0.3) is 5.56 Å². The van der Waals surface area contributed by atoms with Gasteiger partial charge in [0.15, 0.2) is 0 Å². The number of anilines is 2. The summed E-state index contributed by atoms with van der Waals surface area (Å²) in [6, 6.07) is -0.238. The van der Waals surface area contributed by atoms with E-state index in [-0.39, 0.29) is 37.1 Å². The summed E-state index contributed by atoms with van der Waals surface area (Å²) in [6.07, 6.45) is -2.83.